The number of sulfonamides is 1. The van der Waals surface area contributed by atoms with Crippen LogP contribution >= 0.6 is 11.6 Å². The van der Waals surface area contributed by atoms with Gasteiger partial charge in [0.1, 0.15) is 11.8 Å². The van der Waals surface area contributed by atoms with E-state index >= 15 is 0 Å². The van der Waals surface area contributed by atoms with E-state index in [4.69, 9.17) is 16.3 Å². The Balaban J connectivity index is 2.18. The average Bonchev–Trinajstić information content (AvgIpc) is 2.83. The zero-order chi connectivity index (χ0) is 26.9. The molecule has 0 unspecified atom stereocenters. The molecular formula is C26H36ClN3O5S. The molecule has 0 aliphatic rings. The van der Waals surface area contributed by atoms with Gasteiger partial charge in [-0.15, -0.1) is 0 Å². The third-order valence-corrected chi connectivity index (χ3v) is 7.06. The fourth-order valence-electron chi connectivity index (χ4n) is 3.64. The second-order valence-electron chi connectivity index (χ2n) is 9.07. The summed E-state index contributed by atoms with van der Waals surface area (Å²) in [6.07, 6.45) is 1.45. The Morgan fingerprint density at radius 2 is 1.69 bits per heavy atom. The van der Waals surface area contributed by atoms with Crippen molar-refractivity contribution in [1.29, 1.82) is 0 Å². The second kappa shape index (κ2) is 13.5. The van der Waals surface area contributed by atoms with Crippen molar-refractivity contribution in [3.63, 3.8) is 0 Å². The van der Waals surface area contributed by atoms with Crippen LogP contribution in [0.4, 0.5) is 5.69 Å². The number of nitrogens with zero attached hydrogens (tertiary/aromatic N) is 2. The van der Waals surface area contributed by atoms with Crippen LogP contribution in [0.1, 0.15) is 39.2 Å². The van der Waals surface area contributed by atoms with Crippen LogP contribution in [-0.2, 0) is 26.2 Å². The van der Waals surface area contributed by atoms with Gasteiger partial charge in [0.2, 0.25) is 21.8 Å². The number of carbonyl (C=O) groups excluding carboxylic acids is 2. The summed E-state index contributed by atoms with van der Waals surface area (Å²) in [5.74, 6) is 0.219. The van der Waals surface area contributed by atoms with Gasteiger partial charge in [0.05, 0.1) is 19.1 Å². The standard InChI is InChI=1S/C26H36ClN3O5S/c1-19(2)17-28-26(32)20(3)29(18-21-12-14-22(27)15-13-21)25(31)11-8-16-30(36(5,33)34)23-9-6-7-10-24(23)35-4/h6-7,9-10,12-15,19-20H,8,11,16-18H2,1-5H3,(H,28,32)/t20-/m1/s1. The minimum Gasteiger partial charge on any atom is -0.495 e. The molecule has 1 atom stereocenters. The Hall–Kier alpha value is -2.78. The predicted octanol–water partition coefficient (Wildman–Crippen LogP) is 4.08. The first kappa shape index (κ1) is 29.5. The Morgan fingerprint density at radius 1 is 1.06 bits per heavy atom. The van der Waals surface area contributed by atoms with Crippen LogP contribution in [-0.4, -0.2) is 57.6 Å². The molecule has 198 valence electrons. The van der Waals surface area contributed by atoms with Gasteiger partial charge in [-0.05, 0) is 49.1 Å². The van der Waals surface area contributed by atoms with E-state index < -0.39 is 16.1 Å². The van der Waals surface area contributed by atoms with Crippen LogP contribution in [0.2, 0.25) is 5.02 Å². The van der Waals surface area contributed by atoms with Crippen molar-refractivity contribution in [2.45, 2.75) is 46.2 Å². The van der Waals surface area contributed by atoms with Gasteiger partial charge in [0, 0.05) is 31.1 Å². The molecule has 2 aromatic carbocycles. The molecule has 0 fully saturated rings. The summed E-state index contributed by atoms with van der Waals surface area (Å²) in [6, 6.07) is 13.2. The number of nitrogens with one attached hydrogen (secondary N) is 1. The maximum absolute atomic E-state index is 13.3. The van der Waals surface area contributed by atoms with E-state index in [0.29, 0.717) is 23.0 Å². The van der Waals surface area contributed by atoms with Crippen molar-refractivity contribution >= 4 is 39.1 Å². The lowest BCUT2D eigenvalue weighted by molar-refractivity contribution is -0.140. The molecule has 0 spiro atoms. The molecule has 2 aromatic rings. The highest BCUT2D eigenvalue weighted by Gasteiger charge is 2.27. The quantitative estimate of drug-likeness (QED) is 0.415. The van der Waals surface area contributed by atoms with E-state index in [2.05, 4.69) is 5.32 Å². The molecule has 10 heteroatoms. The fourth-order valence-corrected chi connectivity index (χ4v) is 4.73. The summed E-state index contributed by atoms with van der Waals surface area (Å²) in [7, 11) is -2.14. The molecule has 0 aromatic heterocycles. The van der Waals surface area contributed by atoms with Gasteiger partial charge in [-0.25, -0.2) is 8.42 Å². The van der Waals surface area contributed by atoms with Crippen molar-refractivity contribution in [1.82, 2.24) is 10.2 Å². The molecule has 0 saturated carbocycles. The number of halogens is 1. The van der Waals surface area contributed by atoms with Crippen LogP contribution < -0.4 is 14.4 Å². The molecule has 0 aliphatic carbocycles. The predicted molar refractivity (Wildman–Crippen MR) is 144 cm³/mol. The summed E-state index contributed by atoms with van der Waals surface area (Å²) in [6.45, 7) is 6.52. The zero-order valence-electron chi connectivity index (χ0n) is 21.5. The van der Waals surface area contributed by atoms with Crippen LogP contribution in [0, 0.1) is 5.92 Å². The summed E-state index contributed by atoms with van der Waals surface area (Å²) in [5, 5.41) is 3.47. The van der Waals surface area contributed by atoms with Crippen molar-refractivity contribution in [2.75, 3.05) is 30.8 Å². The fraction of sp³-hybridized carbons (Fsp3) is 0.462. The summed E-state index contributed by atoms with van der Waals surface area (Å²) in [4.78, 5) is 27.6. The highest BCUT2D eigenvalue weighted by molar-refractivity contribution is 7.92. The number of amides is 2. The molecule has 36 heavy (non-hydrogen) atoms. The lowest BCUT2D eigenvalue weighted by atomic mass is 10.1. The number of carbonyl (C=O) groups is 2. The highest BCUT2D eigenvalue weighted by atomic mass is 35.5. The van der Waals surface area contributed by atoms with E-state index in [9.17, 15) is 18.0 Å². The Kier molecular flexibility index (Phi) is 11.0. The Labute approximate surface area is 219 Å². The van der Waals surface area contributed by atoms with Gasteiger partial charge in [-0.3, -0.25) is 13.9 Å². The Morgan fingerprint density at radius 3 is 2.28 bits per heavy atom. The van der Waals surface area contributed by atoms with Crippen LogP contribution in [0.25, 0.3) is 0 Å². The number of anilines is 1. The van der Waals surface area contributed by atoms with E-state index in [-0.39, 0.29) is 43.7 Å². The van der Waals surface area contributed by atoms with E-state index in [1.165, 1.54) is 16.3 Å². The number of ether oxygens (including phenoxy) is 1. The average molecular weight is 538 g/mol. The SMILES string of the molecule is COc1ccccc1N(CCCC(=O)N(Cc1ccc(Cl)cc1)[C@H](C)C(=O)NCC(C)C)S(C)(=O)=O. The topological polar surface area (TPSA) is 96.0 Å². The molecule has 2 rings (SSSR count). The number of para-hydroxylation sites is 2. The lowest BCUT2D eigenvalue weighted by Gasteiger charge is -2.30. The van der Waals surface area contributed by atoms with Crippen molar-refractivity contribution in [3.05, 3.63) is 59.1 Å². The molecule has 0 radical (unpaired) electrons. The summed E-state index contributed by atoms with van der Waals surface area (Å²) in [5.41, 5.74) is 1.25. The first-order valence-corrected chi connectivity index (χ1v) is 14.1. The van der Waals surface area contributed by atoms with Crippen LogP contribution in [0.15, 0.2) is 48.5 Å². The van der Waals surface area contributed by atoms with E-state index in [1.54, 1.807) is 43.3 Å². The van der Waals surface area contributed by atoms with Crippen molar-refractivity contribution in [2.24, 2.45) is 5.92 Å². The van der Waals surface area contributed by atoms with Crippen molar-refractivity contribution < 1.29 is 22.7 Å². The van der Waals surface area contributed by atoms with Crippen molar-refractivity contribution in [3.8, 4) is 5.75 Å². The largest absolute Gasteiger partial charge is 0.495 e. The molecule has 0 saturated heterocycles. The number of hydrogen-bond donors (Lipinski definition) is 1. The van der Waals surface area contributed by atoms with Crippen LogP contribution in [0.5, 0.6) is 5.75 Å². The zero-order valence-corrected chi connectivity index (χ0v) is 23.1. The van der Waals surface area contributed by atoms with Gasteiger partial charge in [0.25, 0.3) is 0 Å². The van der Waals surface area contributed by atoms with Gasteiger partial charge < -0.3 is 15.0 Å². The minimum absolute atomic E-state index is 0.0660. The number of rotatable bonds is 13. The third-order valence-electron chi connectivity index (χ3n) is 5.62. The normalized spacial score (nSPS) is 12.2. The molecular weight excluding hydrogens is 502 g/mol. The second-order valence-corrected chi connectivity index (χ2v) is 11.4. The molecule has 8 nitrogen and oxygen atoms in total. The smallest absolute Gasteiger partial charge is 0.242 e. The van der Waals surface area contributed by atoms with Gasteiger partial charge in [-0.2, -0.15) is 0 Å². The number of methoxy groups -OCH3 is 1. The molecule has 1 N–H and O–H groups in total. The number of hydrogen-bond acceptors (Lipinski definition) is 5. The molecule has 2 amide bonds. The first-order valence-electron chi connectivity index (χ1n) is 11.9. The van der Waals surface area contributed by atoms with Gasteiger partial charge >= 0.3 is 0 Å². The highest BCUT2D eigenvalue weighted by Crippen LogP contribution is 2.29. The maximum atomic E-state index is 13.3. The van der Waals surface area contributed by atoms with Gasteiger partial charge in [0.15, 0.2) is 0 Å². The molecule has 0 bridgehead atoms. The molecule has 0 heterocycles. The lowest BCUT2D eigenvalue weighted by Crippen LogP contribution is -2.48. The minimum atomic E-state index is -3.61. The molecule has 0 aliphatic heterocycles. The number of benzene rings is 2. The maximum Gasteiger partial charge on any atom is 0.242 e. The monoisotopic (exact) mass is 537 g/mol. The van der Waals surface area contributed by atoms with Crippen LogP contribution in [0.3, 0.4) is 0 Å². The summed E-state index contributed by atoms with van der Waals surface area (Å²) >= 11 is 5.99. The summed E-state index contributed by atoms with van der Waals surface area (Å²) < 4.78 is 31.6. The van der Waals surface area contributed by atoms with E-state index in [0.717, 1.165) is 11.8 Å². The Bertz CT molecular complexity index is 1120. The van der Waals surface area contributed by atoms with Gasteiger partial charge in [-0.1, -0.05) is 49.7 Å². The first-order chi connectivity index (χ1) is 16.9. The van der Waals surface area contributed by atoms with E-state index in [1.807, 2.05) is 26.0 Å². The third kappa shape index (κ3) is 8.71.